The number of aryl methyl sites for hydroxylation is 1. The highest BCUT2D eigenvalue weighted by atomic mass is 32.1. The molecule has 1 aromatic heterocycles. The van der Waals surface area contributed by atoms with Gasteiger partial charge in [0.25, 0.3) is 5.78 Å². The summed E-state index contributed by atoms with van der Waals surface area (Å²) in [6.45, 7) is 5.89. The fourth-order valence-electron chi connectivity index (χ4n) is 4.16. The molecule has 1 amide bonds. The number of Topliss-reactive ketones (excluding diaryl/α,β-unsaturated/α-hetero) is 1. The molecule has 2 heterocycles. The van der Waals surface area contributed by atoms with Gasteiger partial charge in [-0.3, -0.25) is 14.5 Å². The molecule has 0 radical (unpaired) electrons. The molecule has 4 aromatic rings. The number of fused-ring (bicyclic) bond motifs is 1. The molecule has 5 rings (SSSR count). The number of nitrogens with zero attached hydrogens (tertiary/aromatic N) is 2. The Morgan fingerprint density at radius 2 is 1.94 bits per heavy atom. The van der Waals surface area contributed by atoms with Crippen LogP contribution in [0, 0.1) is 12.7 Å². The van der Waals surface area contributed by atoms with Crippen LogP contribution in [0.2, 0.25) is 0 Å². The lowest BCUT2D eigenvalue weighted by Gasteiger charge is -2.23. The predicted octanol–water partition coefficient (Wildman–Crippen LogP) is 5.93. The van der Waals surface area contributed by atoms with E-state index < -0.39 is 29.3 Å². The molecule has 6 nitrogen and oxygen atoms in total. The monoisotopic (exact) mass is 500 g/mol. The molecule has 0 unspecified atom stereocenters. The van der Waals surface area contributed by atoms with Crippen LogP contribution in [0.4, 0.5) is 9.52 Å². The third-order valence-corrected chi connectivity index (χ3v) is 6.86. The molecule has 0 saturated carbocycles. The van der Waals surface area contributed by atoms with E-state index in [9.17, 15) is 19.1 Å². The molecule has 1 aliphatic heterocycles. The number of halogens is 1. The fraction of sp³-hybridized carbons (Fsp3) is 0.107. The fourth-order valence-corrected chi connectivity index (χ4v) is 5.25. The van der Waals surface area contributed by atoms with Crippen LogP contribution in [-0.2, 0) is 9.59 Å². The highest BCUT2D eigenvalue weighted by Gasteiger charge is 2.48. The minimum Gasteiger partial charge on any atom is -0.507 e. The van der Waals surface area contributed by atoms with Gasteiger partial charge in [0.05, 0.1) is 21.8 Å². The number of thiazole rings is 1. The Kier molecular flexibility index (Phi) is 6.12. The second-order valence-corrected chi connectivity index (χ2v) is 9.32. The lowest BCUT2D eigenvalue weighted by atomic mass is 9.95. The number of ether oxygens (including phenoxy) is 1. The maximum atomic E-state index is 13.5. The van der Waals surface area contributed by atoms with Crippen LogP contribution in [0.1, 0.15) is 22.7 Å². The van der Waals surface area contributed by atoms with Gasteiger partial charge in [0.1, 0.15) is 23.9 Å². The Balaban J connectivity index is 1.71. The molecule has 36 heavy (non-hydrogen) atoms. The van der Waals surface area contributed by atoms with Gasteiger partial charge in [-0.1, -0.05) is 42.2 Å². The number of amides is 1. The smallest absolute Gasteiger partial charge is 0.301 e. The lowest BCUT2D eigenvalue weighted by molar-refractivity contribution is -0.132. The zero-order chi connectivity index (χ0) is 25.4. The van der Waals surface area contributed by atoms with Crippen molar-refractivity contribution in [2.24, 2.45) is 0 Å². The normalized spacial score (nSPS) is 17.1. The highest BCUT2D eigenvalue weighted by molar-refractivity contribution is 7.22. The number of carbonyl (C=O) groups is 2. The van der Waals surface area contributed by atoms with Crippen molar-refractivity contribution in [1.29, 1.82) is 0 Å². The van der Waals surface area contributed by atoms with E-state index in [-0.39, 0.29) is 17.7 Å². The number of hydrogen-bond acceptors (Lipinski definition) is 6. The van der Waals surface area contributed by atoms with Crippen LogP contribution in [0.3, 0.4) is 0 Å². The summed E-state index contributed by atoms with van der Waals surface area (Å²) in [5, 5.41) is 11.5. The minimum atomic E-state index is -0.969. The van der Waals surface area contributed by atoms with Crippen molar-refractivity contribution in [3.8, 4) is 5.75 Å². The third-order valence-electron chi connectivity index (χ3n) is 5.84. The summed E-state index contributed by atoms with van der Waals surface area (Å²) in [6, 6.07) is 16.8. The van der Waals surface area contributed by atoms with Gasteiger partial charge in [-0.15, -0.1) is 0 Å². The number of rotatable bonds is 6. The molecule has 3 aromatic carbocycles. The summed E-state index contributed by atoms with van der Waals surface area (Å²) in [6.07, 6.45) is 1.61. The van der Waals surface area contributed by atoms with Crippen LogP contribution in [0.5, 0.6) is 5.75 Å². The molecule has 1 aliphatic rings. The second kappa shape index (κ2) is 9.39. The Morgan fingerprint density at radius 3 is 2.69 bits per heavy atom. The van der Waals surface area contributed by atoms with E-state index in [2.05, 4.69) is 11.6 Å². The van der Waals surface area contributed by atoms with Crippen LogP contribution >= 0.6 is 11.3 Å². The zero-order valence-electron chi connectivity index (χ0n) is 19.3. The van der Waals surface area contributed by atoms with Gasteiger partial charge in [-0.2, -0.15) is 0 Å². The summed E-state index contributed by atoms with van der Waals surface area (Å²) < 4.78 is 20.0. The first kappa shape index (κ1) is 23.4. The highest BCUT2D eigenvalue weighted by Crippen LogP contribution is 2.44. The molecular formula is C28H21FN2O4S. The van der Waals surface area contributed by atoms with E-state index >= 15 is 0 Å². The van der Waals surface area contributed by atoms with Gasteiger partial charge in [0, 0.05) is 5.56 Å². The van der Waals surface area contributed by atoms with E-state index in [1.807, 2.05) is 25.1 Å². The largest absolute Gasteiger partial charge is 0.507 e. The molecule has 1 saturated heterocycles. The number of anilines is 1. The SMILES string of the molecule is C=CCOc1cccc([C@@H]2/C(=C(\O)c3ccc(F)cc3)C(=O)C(=O)N2c2nc3ccc(C)cc3s2)c1. The average molecular weight is 501 g/mol. The molecule has 1 fully saturated rings. The Bertz CT molecular complexity index is 1540. The summed E-state index contributed by atoms with van der Waals surface area (Å²) in [5.41, 5.74) is 2.40. The minimum absolute atomic E-state index is 0.108. The molecular weight excluding hydrogens is 479 g/mol. The van der Waals surface area contributed by atoms with Crippen molar-refractivity contribution in [2.75, 3.05) is 11.5 Å². The topological polar surface area (TPSA) is 79.7 Å². The van der Waals surface area contributed by atoms with E-state index in [1.54, 1.807) is 30.3 Å². The third kappa shape index (κ3) is 4.16. The Hall–Kier alpha value is -4.30. The van der Waals surface area contributed by atoms with Crippen LogP contribution < -0.4 is 9.64 Å². The second-order valence-electron chi connectivity index (χ2n) is 8.32. The summed E-state index contributed by atoms with van der Waals surface area (Å²) in [5.74, 6) is -2.03. The maximum Gasteiger partial charge on any atom is 0.301 e. The van der Waals surface area contributed by atoms with Gasteiger partial charge in [0.2, 0.25) is 0 Å². The van der Waals surface area contributed by atoms with Gasteiger partial charge in [-0.25, -0.2) is 9.37 Å². The average Bonchev–Trinajstić information content (AvgIpc) is 3.40. The first-order valence-corrected chi connectivity index (χ1v) is 12.0. The molecule has 8 heteroatoms. The van der Waals surface area contributed by atoms with Crippen LogP contribution in [-0.4, -0.2) is 28.4 Å². The van der Waals surface area contributed by atoms with Crippen molar-refractivity contribution < 1.29 is 23.8 Å². The molecule has 180 valence electrons. The standard InChI is InChI=1S/C28H21FN2O4S/c1-3-13-35-20-6-4-5-18(15-20)24-23(25(32)17-8-10-19(29)11-9-17)26(33)27(34)31(24)28-30-21-12-7-16(2)14-22(21)36-28/h3-12,14-15,24,32H,1,13H2,2H3/b25-23+/t24-/m1/s1. The zero-order valence-corrected chi connectivity index (χ0v) is 20.1. The summed E-state index contributed by atoms with van der Waals surface area (Å²) >= 11 is 1.29. The van der Waals surface area contributed by atoms with Gasteiger partial charge < -0.3 is 9.84 Å². The molecule has 1 N–H and O–H groups in total. The number of hydrogen-bond donors (Lipinski definition) is 1. The quantitative estimate of drug-likeness (QED) is 0.154. The summed E-state index contributed by atoms with van der Waals surface area (Å²) in [4.78, 5) is 32.6. The van der Waals surface area contributed by atoms with Crippen LogP contribution in [0.25, 0.3) is 16.0 Å². The predicted molar refractivity (Wildman–Crippen MR) is 138 cm³/mol. The van der Waals surface area contributed by atoms with Gasteiger partial charge in [0.15, 0.2) is 5.13 Å². The molecule has 0 aliphatic carbocycles. The number of aliphatic hydroxyl groups excluding tert-OH is 1. The van der Waals surface area contributed by atoms with Crippen molar-refractivity contribution >= 4 is 44.1 Å². The molecule has 0 bridgehead atoms. The van der Waals surface area contributed by atoms with E-state index in [0.717, 1.165) is 10.3 Å². The first-order chi connectivity index (χ1) is 17.4. The van der Waals surface area contributed by atoms with E-state index in [0.29, 0.717) is 22.0 Å². The Morgan fingerprint density at radius 1 is 1.17 bits per heavy atom. The molecule has 1 atom stereocenters. The lowest BCUT2D eigenvalue weighted by Crippen LogP contribution is -2.29. The van der Waals surface area contributed by atoms with E-state index in [1.165, 1.54) is 40.5 Å². The van der Waals surface area contributed by atoms with Crippen molar-refractivity contribution in [3.63, 3.8) is 0 Å². The van der Waals surface area contributed by atoms with Crippen molar-refractivity contribution in [3.05, 3.63) is 107 Å². The van der Waals surface area contributed by atoms with Gasteiger partial charge >= 0.3 is 5.91 Å². The number of aromatic nitrogens is 1. The van der Waals surface area contributed by atoms with Gasteiger partial charge in [-0.05, 0) is 66.6 Å². The van der Waals surface area contributed by atoms with Crippen molar-refractivity contribution in [1.82, 2.24) is 4.98 Å². The molecule has 0 spiro atoms. The number of benzene rings is 3. The maximum absolute atomic E-state index is 13.5. The first-order valence-electron chi connectivity index (χ1n) is 11.1. The number of aliphatic hydroxyl groups is 1. The number of ketones is 1. The van der Waals surface area contributed by atoms with Crippen LogP contribution in [0.15, 0.2) is 85.0 Å². The Labute approximate surface area is 210 Å². The van der Waals surface area contributed by atoms with Crippen molar-refractivity contribution in [2.45, 2.75) is 13.0 Å². The summed E-state index contributed by atoms with van der Waals surface area (Å²) in [7, 11) is 0. The van der Waals surface area contributed by atoms with E-state index in [4.69, 9.17) is 4.74 Å². The number of carbonyl (C=O) groups excluding carboxylic acids is 2.